The van der Waals surface area contributed by atoms with Gasteiger partial charge in [-0.25, -0.2) is 0 Å². The predicted octanol–water partition coefficient (Wildman–Crippen LogP) is 4.81. The van der Waals surface area contributed by atoms with Crippen LogP contribution in [0.15, 0.2) is 65.3 Å². The van der Waals surface area contributed by atoms with Crippen molar-refractivity contribution in [2.24, 2.45) is 10.2 Å². The highest BCUT2D eigenvalue weighted by atomic mass is 15.1. The van der Waals surface area contributed by atoms with E-state index in [9.17, 15) is 0 Å². The molecular formula is C16H17N3. The first-order chi connectivity index (χ1) is 9.20. The molecule has 0 amide bonds. The Balaban J connectivity index is 2.30. The third-order valence-corrected chi connectivity index (χ3v) is 2.78. The van der Waals surface area contributed by atoms with Gasteiger partial charge in [0.05, 0.1) is 11.4 Å². The molecule has 2 rings (SSSR count). The molecule has 0 aliphatic carbocycles. The number of hydrogen-bond donors (Lipinski definition) is 0. The third-order valence-electron chi connectivity index (χ3n) is 2.78. The average molecular weight is 251 g/mol. The van der Waals surface area contributed by atoms with E-state index in [0.717, 1.165) is 22.6 Å². The zero-order chi connectivity index (χ0) is 13.7. The molecule has 0 unspecified atom stereocenters. The van der Waals surface area contributed by atoms with E-state index in [2.05, 4.69) is 16.8 Å². The van der Waals surface area contributed by atoms with Gasteiger partial charge in [-0.15, -0.1) is 5.11 Å². The quantitative estimate of drug-likeness (QED) is 0.716. The lowest BCUT2D eigenvalue weighted by molar-refractivity contribution is 1.13. The second-order valence-electron chi connectivity index (χ2n) is 4.38. The largest absolute Gasteiger partial charge is 0.378 e. The lowest BCUT2D eigenvalue weighted by Crippen LogP contribution is -2.08. The molecule has 0 bridgehead atoms. The molecule has 0 radical (unpaired) electrons. The van der Waals surface area contributed by atoms with E-state index in [-0.39, 0.29) is 0 Å². The number of benzene rings is 2. The van der Waals surface area contributed by atoms with Gasteiger partial charge in [-0.3, -0.25) is 0 Å². The van der Waals surface area contributed by atoms with E-state index in [1.807, 2.05) is 67.5 Å². The van der Waals surface area contributed by atoms with Crippen LogP contribution in [0.4, 0.5) is 17.1 Å². The van der Waals surface area contributed by atoms with Crippen LogP contribution in [0, 0.1) is 0 Å². The van der Waals surface area contributed by atoms with E-state index in [0.29, 0.717) is 0 Å². The molecule has 0 N–H and O–H groups in total. The molecule has 3 nitrogen and oxygen atoms in total. The van der Waals surface area contributed by atoms with Crippen LogP contribution in [0.2, 0.25) is 0 Å². The molecule has 2 aromatic rings. The van der Waals surface area contributed by atoms with E-state index in [1.165, 1.54) is 0 Å². The Morgan fingerprint density at radius 3 is 2.37 bits per heavy atom. The summed E-state index contributed by atoms with van der Waals surface area (Å²) < 4.78 is 0. The lowest BCUT2D eigenvalue weighted by atomic mass is 10.1. The minimum Gasteiger partial charge on any atom is -0.378 e. The fourth-order valence-electron chi connectivity index (χ4n) is 1.68. The molecule has 0 fully saturated rings. The Morgan fingerprint density at radius 1 is 1.00 bits per heavy atom. The SMILES string of the molecule is C=Cc1cc(N(C)C)ccc1N=Nc1ccccc1. The van der Waals surface area contributed by atoms with Gasteiger partial charge < -0.3 is 4.90 Å². The highest BCUT2D eigenvalue weighted by Gasteiger charge is 2.02. The molecule has 3 heteroatoms. The van der Waals surface area contributed by atoms with E-state index in [1.54, 1.807) is 6.08 Å². The Labute approximate surface area is 113 Å². The molecule has 0 aromatic heterocycles. The van der Waals surface area contributed by atoms with Crippen molar-refractivity contribution in [3.8, 4) is 0 Å². The number of anilines is 1. The molecule has 2 aromatic carbocycles. The Bertz CT molecular complexity index is 586. The van der Waals surface area contributed by atoms with Crippen LogP contribution in [0.25, 0.3) is 6.08 Å². The van der Waals surface area contributed by atoms with Crippen LogP contribution in [-0.4, -0.2) is 14.1 Å². The van der Waals surface area contributed by atoms with Gasteiger partial charge in [0.15, 0.2) is 0 Å². The number of nitrogens with zero attached hydrogens (tertiary/aromatic N) is 3. The standard InChI is InChI=1S/C16H17N3/c1-4-13-12-15(19(2)3)10-11-16(13)18-17-14-8-6-5-7-9-14/h4-12H,1H2,2-3H3. The second-order valence-corrected chi connectivity index (χ2v) is 4.38. The van der Waals surface area contributed by atoms with Crippen molar-refractivity contribution in [2.45, 2.75) is 0 Å². The fourth-order valence-corrected chi connectivity index (χ4v) is 1.68. The van der Waals surface area contributed by atoms with Crippen molar-refractivity contribution < 1.29 is 0 Å². The Hall–Kier alpha value is -2.42. The van der Waals surface area contributed by atoms with Crippen LogP contribution in [0.5, 0.6) is 0 Å². The van der Waals surface area contributed by atoms with Gasteiger partial charge in [0.25, 0.3) is 0 Å². The van der Waals surface area contributed by atoms with Crippen LogP contribution >= 0.6 is 0 Å². The van der Waals surface area contributed by atoms with Crippen molar-refractivity contribution >= 4 is 23.1 Å². The molecule has 96 valence electrons. The molecule has 0 saturated carbocycles. The summed E-state index contributed by atoms with van der Waals surface area (Å²) >= 11 is 0. The number of rotatable bonds is 4. The van der Waals surface area contributed by atoms with Gasteiger partial charge in [0, 0.05) is 25.3 Å². The maximum Gasteiger partial charge on any atom is 0.0930 e. The minimum atomic E-state index is 0.824. The summed E-state index contributed by atoms with van der Waals surface area (Å²) in [6.45, 7) is 3.83. The third kappa shape index (κ3) is 3.28. The first-order valence-corrected chi connectivity index (χ1v) is 6.11. The Kier molecular flexibility index (Phi) is 4.08. The normalized spacial score (nSPS) is 10.6. The smallest absolute Gasteiger partial charge is 0.0930 e. The summed E-state index contributed by atoms with van der Waals surface area (Å²) in [5, 5.41) is 8.51. The molecule has 19 heavy (non-hydrogen) atoms. The first kappa shape index (κ1) is 13.0. The van der Waals surface area contributed by atoms with Crippen molar-refractivity contribution in [1.29, 1.82) is 0 Å². The van der Waals surface area contributed by atoms with E-state index >= 15 is 0 Å². The Morgan fingerprint density at radius 2 is 1.74 bits per heavy atom. The predicted molar refractivity (Wildman–Crippen MR) is 81.5 cm³/mol. The lowest BCUT2D eigenvalue weighted by Gasteiger charge is -2.13. The molecule has 0 heterocycles. The maximum atomic E-state index is 4.28. The zero-order valence-corrected chi connectivity index (χ0v) is 11.2. The van der Waals surface area contributed by atoms with E-state index < -0.39 is 0 Å². The monoisotopic (exact) mass is 251 g/mol. The van der Waals surface area contributed by atoms with E-state index in [4.69, 9.17) is 0 Å². The van der Waals surface area contributed by atoms with Crippen LogP contribution in [0.3, 0.4) is 0 Å². The van der Waals surface area contributed by atoms with Gasteiger partial charge >= 0.3 is 0 Å². The van der Waals surface area contributed by atoms with Gasteiger partial charge in [-0.2, -0.15) is 5.11 Å². The summed E-state index contributed by atoms with van der Waals surface area (Å²) in [6, 6.07) is 15.7. The fraction of sp³-hybridized carbons (Fsp3) is 0.125. The second kappa shape index (κ2) is 5.96. The molecule has 0 aliphatic rings. The van der Waals surface area contributed by atoms with Crippen LogP contribution in [0.1, 0.15) is 5.56 Å². The summed E-state index contributed by atoms with van der Waals surface area (Å²) in [5.74, 6) is 0. The minimum absolute atomic E-state index is 0.824. The average Bonchev–Trinajstić information content (AvgIpc) is 2.45. The van der Waals surface area contributed by atoms with Gasteiger partial charge in [-0.05, 0) is 30.3 Å². The molecule has 0 saturated heterocycles. The maximum absolute atomic E-state index is 4.28. The molecule has 0 spiro atoms. The van der Waals surface area contributed by atoms with Crippen LogP contribution < -0.4 is 4.90 Å². The molecule has 0 aliphatic heterocycles. The summed E-state index contributed by atoms with van der Waals surface area (Å²) in [4.78, 5) is 2.05. The topological polar surface area (TPSA) is 28.0 Å². The molecular weight excluding hydrogens is 234 g/mol. The van der Waals surface area contributed by atoms with Gasteiger partial charge in [-0.1, -0.05) is 30.9 Å². The zero-order valence-electron chi connectivity index (χ0n) is 11.2. The van der Waals surface area contributed by atoms with Gasteiger partial charge in [0.2, 0.25) is 0 Å². The van der Waals surface area contributed by atoms with Crippen molar-refractivity contribution in [3.63, 3.8) is 0 Å². The van der Waals surface area contributed by atoms with Crippen LogP contribution in [-0.2, 0) is 0 Å². The highest BCUT2D eigenvalue weighted by Crippen LogP contribution is 2.27. The summed E-state index contributed by atoms with van der Waals surface area (Å²) in [5.41, 5.74) is 3.76. The number of azo groups is 1. The van der Waals surface area contributed by atoms with Crippen molar-refractivity contribution in [2.75, 3.05) is 19.0 Å². The van der Waals surface area contributed by atoms with Crippen molar-refractivity contribution in [1.82, 2.24) is 0 Å². The highest BCUT2D eigenvalue weighted by molar-refractivity contribution is 5.68. The van der Waals surface area contributed by atoms with Gasteiger partial charge in [0.1, 0.15) is 0 Å². The first-order valence-electron chi connectivity index (χ1n) is 6.11. The number of hydrogen-bond acceptors (Lipinski definition) is 3. The summed E-state index contributed by atoms with van der Waals surface area (Å²) in [7, 11) is 4.01. The van der Waals surface area contributed by atoms with Crippen molar-refractivity contribution in [3.05, 3.63) is 60.7 Å². The molecule has 0 atom stereocenters. The summed E-state index contributed by atoms with van der Waals surface area (Å²) in [6.07, 6.45) is 1.80.